The van der Waals surface area contributed by atoms with Gasteiger partial charge in [0.1, 0.15) is 11.6 Å². The number of amides is 2. The van der Waals surface area contributed by atoms with Crippen LogP contribution in [0.2, 0.25) is 0 Å². The Morgan fingerprint density at radius 3 is 2.69 bits per heavy atom. The van der Waals surface area contributed by atoms with E-state index in [2.05, 4.69) is 10.6 Å². The van der Waals surface area contributed by atoms with E-state index >= 15 is 0 Å². The van der Waals surface area contributed by atoms with Crippen LogP contribution in [0.4, 0.5) is 15.8 Å². The van der Waals surface area contributed by atoms with Gasteiger partial charge in [-0.3, -0.25) is 9.59 Å². The molecule has 1 saturated heterocycles. The summed E-state index contributed by atoms with van der Waals surface area (Å²) in [5, 5.41) is 5.89. The molecule has 6 nitrogen and oxygen atoms in total. The van der Waals surface area contributed by atoms with Crippen LogP contribution in [0.25, 0.3) is 0 Å². The van der Waals surface area contributed by atoms with E-state index in [0.29, 0.717) is 17.4 Å². The summed E-state index contributed by atoms with van der Waals surface area (Å²) in [5.41, 5.74) is 2.51. The Balaban J connectivity index is 1.24. The molecule has 2 aliphatic heterocycles. The molecule has 0 bridgehead atoms. The number of hydrogen-bond donors (Lipinski definition) is 2. The first-order valence-electron chi connectivity index (χ1n) is 9.89. The van der Waals surface area contributed by atoms with Gasteiger partial charge in [0.25, 0.3) is 5.91 Å². The maximum absolute atomic E-state index is 13.0. The molecule has 152 valence electrons. The first-order chi connectivity index (χ1) is 14.1. The number of benzene rings is 2. The van der Waals surface area contributed by atoms with Gasteiger partial charge in [-0.05, 0) is 61.1 Å². The fourth-order valence-electron chi connectivity index (χ4n) is 3.82. The summed E-state index contributed by atoms with van der Waals surface area (Å²) in [5.74, 6) is 0.805. The molecule has 7 heteroatoms. The molecular formula is C22H24FN3O3. The third-order valence-corrected chi connectivity index (χ3v) is 5.46. The normalized spacial score (nSPS) is 16.6. The van der Waals surface area contributed by atoms with Crippen molar-refractivity contribution in [2.75, 3.05) is 36.9 Å². The van der Waals surface area contributed by atoms with E-state index in [9.17, 15) is 14.0 Å². The Hall–Kier alpha value is -3.09. The molecule has 0 aromatic heterocycles. The summed E-state index contributed by atoms with van der Waals surface area (Å²) >= 11 is 0. The third kappa shape index (κ3) is 4.85. The quantitative estimate of drug-likeness (QED) is 0.814. The number of carbonyl (C=O) groups excluding carboxylic acids is 2. The maximum Gasteiger partial charge on any atom is 0.262 e. The van der Waals surface area contributed by atoms with E-state index in [4.69, 9.17) is 4.74 Å². The topological polar surface area (TPSA) is 70.7 Å². The van der Waals surface area contributed by atoms with Gasteiger partial charge in [0.2, 0.25) is 5.91 Å². The van der Waals surface area contributed by atoms with Crippen LogP contribution in [-0.4, -0.2) is 43.0 Å². The predicted molar refractivity (Wildman–Crippen MR) is 108 cm³/mol. The van der Waals surface area contributed by atoms with E-state index in [0.717, 1.165) is 43.6 Å². The van der Waals surface area contributed by atoms with Gasteiger partial charge >= 0.3 is 0 Å². The number of carbonyl (C=O) groups is 2. The highest BCUT2D eigenvalue weighted by molar-refractivity contribution is 5.96. The summed E-state index contributed by atoms with van der Waals surface area (Å²) in [7, 11) is 0. The lowest BCUT2D eigenvalue weighted by Crippen LogP contribution is -2.41. The standard InChI is InChI=1S/C22H24FN3O3/c23-17-3-1-15(2-4-17)11-16-7-9-26(10-8-16)22(28)13-24-18-5-6-20-19(12-18)25-21(27)14-29-20/h1-6,12,16,24H,7-11,13-14H2,(H,25,27). The zero-order chi connectivity index (χ0) is 20.2. The van der Waals surface area contributed by atoms with Crippen molar-refractivity contribution in [3.05, 3.63) is 53.8 Å². The van der Waals surface area contributed by atoms with Gasteiger partial charge in [0.05, 0.1) is 12.2 Å². The lowest BCUT2D eigenvalue weighted by molar-refractivity contribution is -0.130. The molecule has 0 spiro atoms. The monoisotopic (exact) mass is 397 g/mol. The molecule has 2 aromatic carbocycles. The number of halogens is 1. The second-order valence-corrected chi connectivity index (χ2v) is 7.56. The molecule has 0 aliphatic carbocycles. The number of nitrogens with one attached hydrogen (secondary N) is 2. The van der Waals surface area contributed by atoms with Gasteiger partial charge in [-0.25, -0.2) is 4.39 Å². The second kappa shape index (κ2) is 8.51. The smallest absolute Gasteiger partial charge is 0.262 e. The van der Waals surface area contributed by atoms with Crippen LogP contribution in [0.1, 0.15) is 18.4 Å². The Labute approximate surface area is 169 Å². The lowest BCUT2D eigenvalue weighted by atomic mass is 9.90. The van der Waals surface area contributed by atoms with Crippen LogP contribution in [0, 0.1) is 11.7 Å². The van der Waals surface area contributed by atoms with E-state index in [-0.39, 0.29) is 30.8 Å². The minimum Gasteiger partial charge on any atom is -0.482 e. The summed E-state index contributed by atoms with van der Waals surface area (Å²) < 4.78 is 18.4. The molecule has 29 heavy (non-hydrogen) atoms. The molecule has 0 unspecified atom stereocenters. The summed E-state index contributed by atoms with van der Waals surface area (Å²) in [6, 6.07) is 12.1. The molecule has 0 saturated carbocycles. The zero-order valence-electron chi connectivity index (χ0n) is 16.1. The Morgan fingerprint density at radius 2 is 1.93 bits per heavy atom. The Kier molecular flexibility index (Phi) is 5.64. The van der Waals surface area contributed by atoms with Crippen molar-refractivity contribution in [3.8, 4) is 5.75 Å². The highest BCUT2D eigenvalue weighted by Crippen LogP contribution is 2.30. The molecule has 0 atom stereocenters. The van der Waals surface area contributed by atoms with Crippen molar-refractivity contribution >= 4 is 23.2 Å². The molecule has 2 N–H and O–H groups in total. The number of likely N-dealkylation sites (tertiary alicyclic amines) is 1. The SMILES string of the molecule is O=C1COc2ccc(NCC(=O)N3CCC(Cc4ccc(F)cc4)CC3)cc2N1. The van der Waals surface area contributed by atoms with Gasteiger partial charge in [-0.15, -0.1) is 0 Å². The van der Waals surface area contributed by atoms with Crippen LogP contribution >= 0.6 is 0 Å². The molecule has 1 fully saturated rings. The number of fused-ring (bicyclic) bond motifs is 1. The second-order valence-electron chi connectivity index (χ2n) is 7.56. The largest absolute Gasteiger partial charge is 0.482 e. The fraction of sp³-hybridized carbons (Fsp3) is 0.364. The number of anilines is 2. The Bertz CT molecular complexity index is 893. The van der Waals surface area contributed by atoms with E-state index in [1.165, 1.54) is 12.1 Å². The van der Waals surface area contributed by atoms with Gasteiger partial charge in [-0.2, -0.15) is 0 Å². The summed E-state index contributed by atoms with van der Waals surface area (Å²) in [4.78, 5) is 25.9. The lowest BCUT2D eigenvalue weighted by Gasteiger charge is -2.32. The van der Waals surface area contributed by atoms with Crippen LogP contribution < -0.4 is 15.4 Å². The van der Waals surface area contributed by atoms with Crippen molar-refractivity contribution in [2.45, 2.75) is 19.3 Å². The zero-order valence-corrected chi connectivity index (χ0v) is 16.1. The highest BCUT2D eigenvalue weighted by atomic mass is 19.1. The van der Waals surface area contributed by atoms with Crippen molar-refractivity contribution in [1.29, 1.82) is 0 Å². The number of piperidine rings is 1. The van der Waals surface area contributed by atoms with Gasteiger partial charge in [-0.1, -0.05) is 12.1 Å². The number of rotatable bonds is 5. The molecule has 0 radical (unpaired) electrons. The average molecular weight is 397 g/mol. The molecule has 2 amide bonds. The van der Waals surface area contributed by atoms with Gasteiger partial charge in [0.15, 0.2) is 6.61 Å². The van der Waals surface area contributed by atoms with Crippen LogP contribution in [0.15, 0.2) is 42.5 Å². The van der Waals surface area contributed by atoms with E-state index in [1.807, 2.05) is 23.1 Å². The van der Waals surface area contributed by atoms with Crippen molar-refractivity contribution in [1.82, 2.24) is 4.90 Å². The van der Waals surface area contributed by atoms with E-state index in [1.54, 1.807) is 12.1 Å². The average Bonchev–Trinajstić information content (AvgIpc) is 2.74. The minimum absolute atomic E-state index is 0.0232. The van der Waals surface area contributed by atoms with Crippen molar-refractivity contribution in [3.63, 3.8) is 0 Å². The summed E-state index contributed by atoms with van der Waals surface area (Å²) in [6.07, 6.45) is 2.82. The van der Waals surface area contributed by atoms with Crippen molar-refractivity contribution < 1.29 is 18.7 Å². The van der Waals surface area contributed by atoms with Crippen LogP contribution in [-0.2, 0) is 16.0 Å². The highest BCUT2D eigenvalue weighted by Gasteiger charge is 2.23. The minimum atomic E-state index is -0.213. The molecular weight excluding hydrogens is 373 g/mol. The fourth-order valence-corrected chi connectivity index (χ4v) is 3.82. The first-order valence-corrected chi connectivity index (χ1v) is 9.89. The van der Waals surface area contributed by atoms with Crippen molar-refractivity contribution in [2.24, 2.45) is 5.92 Å². The third-order valence-electron chi connectivity index (χ3n) is 5.46. The number of ether oxygens (including phenoxy) is 1. The molecule has 2 heterocycles. The first kappa shape index (κ1) is 19.2. The van der Waals surface area contributed by atoms with Crippen LogP contribution in [0.3, 0.4) is 0 Å². The molecule has 2 aliphatic rings. The summed E-state index contributed by atoms with van der Waals surface area (Å²) in [6.45, 7) is 1.70. The number of nitrogens with zero attached hydrogens (tertiary/aromatic N) is 1. The van der Waals surface area contributed by atoms with E-state index < -0.39 is 0 Å². The van der Waals surface area contributed by atoms with Gasteiger partial charge in [0, 0.05) is 18.8 Å². The maximum atomic E-state index is 13.0. The molecule has 2 aromatic rings. The van der Waals surface area contributed by atoms with Gasteiger partial charge < -0.3 is 20.3 Å². The van der Waals surface area contributed by atoms with Crippen LogP contribution in [0.5, 0.6) is 5.75 Å². The predicted octanol–water partition coefficient (Wildman–Crippen LogP) is 3.05. The molecule has 4 rings (SSSR count). The Morgan fingerprint density at radius 1 is 1.17 bits per heavy atom. The number of hydrogen-bond acceptors (Lipinski definition) is 4.